The van der Waals surface area contributed by atoms with E-state index in [2.05, 4.69) is 59.8 Å². The van der Waals surface area contributed by atoms with Crippen molar-refractivity contribution in [1.29, 1.82) is 0 Å². The van der Waals surface area contributed by atoms with E-state index in [1.54, 1.807) is 36.4 Å². The monoisotopic (exact) mass is 1140 g/mol. The van der Waals surface area contributed by atoms with Crippen LogP contribution in [0, 0.1) is 23.7 Å². The van der Waals surface area contributed by atoms with Crippen LogP contribution >= 0.6 is 0 Å². The molecule has 3 saturated carbocycles. The topological polar surface area (TPSA) is 185 Å². The van der Waals surface area contributed by atoms with E-state index in [0.29, 0.717) is 56.3 Å². The van der Waals surface area contributed by atoms with Crippen molar-refractivity contribution in [3.05, 3.63) is 123 Å². The Morgan fingerprint density at radius 2 is 0.620 bits per heavy atom. The first-order valence-electron chi connectivity index (χ1n) is 28.9. The molecule has 0 aromatic heterocycles. The Bertz CT molecular complexity index is 2260. The van der Waals surface area contributed by atoms with Gasteiger partial charge in [0.1, 0.15) is 18.3 Å². The van der Waals surface area contributed by atoms with E-state index in [1.807, 2.05) is 36.4 Å². The number of benzene rings is 3. The minimum Gasteiger partial charge on any atom is -0.428 e. The van der Waals surface area contributed by atoms with Crippen molar-refractivity contribution in [2.75, 3.05) is 0 Å². The lowest BCUT2D eigenvalue weighted by Gasteiger charge is -2.45. The molecule has 0 heterocycles. The van der Waals surface area contributed by atoms with Crippen molar-refractivity contribution in [3.63, 3.8) is 0 Å². The minimum absolute atomic E-state index is 0.274. The third-order valence-electron chi connectivity index (χ3n) is 15.8. The summed E-state index contributed by atoms with van der Waals surface area (Å²) in [6.07, 6.45) is 16.6. The zero-order valence-electron chi connectivity index (χ0n) is 47.2. The SMILES string of the molecule is CCC=C(CC)[SiH2]c1ccc(C(=O)OOC(=O)OC2CCC(C(C3CCC(OC(=O)OOC(=O)c4ccc([SiH2]C(=CCC)CC)cc4)CC3)C3CCC(OC(=O)OOC(=O)c4ccc([SiH2]C(=CCC)CC)cc4)CC3)CC2)cc1. The molecule has 3 aliphatic rings. The summed E-state index contributed by atoms with van der Waals surface area (Å²) in [4.78, 5) is 106. The van der Waals surface area contributed by atoms with Crippen molar-refractivity contribution in [2.45, 2.75) is 175 Å². The van der Waals surface area contributed by atoms with E-state index in [-0.39, 0.29) is 22.6 Å². The van der Waals surface area contributed by atoms with Crippen molar-refractivity contribution < 1.29 is 72.3 Å². The maximum atomic E-state index is 12.8. The van der Waals surface area contributed by atoms with E-state index in [1.165, 1.54) is 31.1 Å². The fourth-order valence-electron chi connectivity index (χ4n) is 11.7. The van der Waals surface area contributed by atoms with Crippen LogP contribution in [0.5, 0.6) is 0 Å². The molecule has 15 nitrogen and oxygen atoms in total. The molecule has 0 spiro atoms. The smallest absolute Gasteiger partial charge is 0.428 e. The van der Waals surface area contributed by atoms with Gasteiger partial charge in [-0.1, -0.05) is 127 Å². The first kappa shape index (κ1) is 62.0. The quantitative estimate of drug-likeness (QED) is 0.0322. The lowest BCUT2D eigenvalue weighted by molar-refractivity contribution is -0.209. The van der Waals surface area contributed by atoms with E-state index in [4.69, 9.17) is 43.5 Å². The molecular weight excluding hydrogens is 1060 g/mol. The molecule has 18 heteroatoms. The minimum atomic E-state index is -1.07. The van der Waals surface area contributed by atoms with Gasteiger partial charge in [-0.2, -0.15) is 14.4 Å². The number of hydrogen-bond donors (Lipinski definition) is 0. The van der Waals surface area contributed by atoms with Gasteiger partial charge in [0.2, 0.25) is 0 Å². The molecule has 79 heavy (non-hydrogen) atoms. The molecule has 0 saturated heterocycles. The summed E-state index contributed by atoms with van der Waals surface area (Å²) in [5.41, 5.74) is 0.823. The number of hydrogen-bond acceptors (Lipinski definition) is 15. The van der Waals surface area contributed by atoms with Crippen molar-refractivity contribution >= 4 is 80.5 Å². The molecule has 0 bridgehead atoms. The number of carbonyl (C=O) groups excluding carboxylic acids is 6. The van der Waals surface area contributed by atoms with Gasteiger partial charge in [0, 0.05) is 0 Å². The molecular formula is C61H82O15Si3. The third-order valence-corrected chi connectivity index (χ3v) is 22.2. The summed E-state index contributed by atoms with van der Waals surface area (Å²) in [5, 5.41) is 7.99. The standard InChI is InChI=1S/C61H82O15Si3/c1-7-13-49(10-4)77-52-34-22-43(23-35-52)56(62)71-74-59(65)68-46-28-16-40(17-29-46)55(41-18-30-47(31-19-41)69-60(66)75-72-57(63)44-24-36-53(37-25-44)78-50(11-5)14-8-2)42-20-32-48(33-21-42)70-61(67)76-73-58(64)45-26-38-54(39-27-45)79-51(12-6)15-9-3/h13-15,22-27,34-42,46-48,55H,7-12,16-21,28-33,77-79H2,1-6H3. The summed E-state index contributed by atoms with van der Waals surface area (Å²) < 4.78 is 16.9. The lowest BCUT2D eigenvalue weighted by Crippen LogP contribution is -2.39. The number of rotatable bonds is 21. The van der Waals surface area contributed by atoms with E-state index >= 15 is 0 Å². The van der Waals surface area contributed by atoms with Gasteiger partial charge in [0.05, 0.1) is 45.2 Å². The zero-order chi connectivity index (χ0) is 56.5. The predicted molar refractivity (Wildman–Crippen MR) is 310 cm³/mol. The Morgan fingerprint density at radius 3 is 0.835 bits per heavy atom. The van der Waals surface area contributed by atoms with Crippen molar-refractivity contribution in [1.82, 2.24) is 0 Å². The Kier molecular flexibility index (Phi) is 25.7. The van der Waals surface area contributed by atoms with Crippen LogP contribution in [-0.4, -0.2) is 83.2 Å². The summed E-state index contributed by atoms with van der Waals surface area (Å²) in [6, 6.07) is 21.6. The average Bonchev–Trinajstić information content (AvgIpc) is 3.47. The zero-order valence-corrected chi connectivity index (χ0v) is 51.4. The Hall–Kier alpha value is -6.25. The highest BCUT2D eigenvalue weighted by Gasteiger charge is 2.42. The molecule has 3 fully saturated rings. The highest BCUT2D eigenvalue weighted by atomic mass is 28.2. The largest absolute Gasteiger partial charge is 0.550 e. The van der Waals surface area contributed by atoms with Gasteiger partial charge in [0.25, 0.3) is 0 Å². The van der Waals surface area contributed by atoms with Gasteiger partial charge in [-0.25, -0.2) is 43.7 Å². The molecule has 6 rings (SSSR count). The third kappa shape index (κ3) is 20.1. The lowest BCUT2D eigenvalue weighted by atomic mass is 9.61. The van der Waals surface area contributed by atoms with Gasteiger partial charge in [0.15, 0.2) is 0 Å². The summed E-state index contributed by atoms with van der Waals surface area (Å²) in [6.45, 7) is 12.8. The molecule has 3 aromatic rings. The molecule has 428 valence electrons. The number of carbonyl (C=O) groups is 6. The maximum absolute atomic E-state index is 12.8. The molecule has 0 unspecified atom stereocenters. The first-order chi connectivity index (χ1) is 38.3. The Morgan fingerprint density at radius 1 is 0.380 bits per heavy atom. The number of ether oxygens (including phenoxy) is 3. The fraction of sp³-hybridized carbons (Fsp3) is 0.508. The van der Waals surface area contributed by atoms with Crippen LogP contribution in [0.2, 0.25) is 0 Å². The molecule has 3 aliphatic carbocycles. The van der Waals surface area contributed by atoms with Crippen molar-refractivity contribution in [3.8, 4) is 0 Å². The highest BCUT2D eigenvalue weighted by Crippen LogP contribution is 2.48. The Labute approximate surface area is 473 Å². The van der Waals surface area contributed by atoms with Gasteiger partial charge in [-0.3, -0.25) is 0 Å². The molecule has 0 radical (unpaired) electrons. The molecule has 3 aromatic carbocycles. The second-order valence-electron chi connectivity index (χ2n) is 21.1. The van der Waals surface area contributed by atoms with Crippen LogP contribution in [0.4, 0.5) is 14.4 Å². The second-order valence-corrected chi connectivity index (χ2v) is 27.4. The van der Waals surface area contributed by atoms with Crippen LogP contribution in [0.15, 0.2) is 107 Å². The van der Waals surface area contributed by atoms with Crippen LogP contribution in [0.25, 0.3) is 0 Å². The summed E-state index contributed by atoms with van der Waals surface area (Å²) in [7, 11) is -1.85. The van der Waals surface area contributed by atoms with E-state index in [0.717, 1.165) is 77.0 Å². The maximum Gasteiger partial charge on any atom is 0.550 e. The normalized spacial score (nSPS) is 21.6. The van der Waals surface area contributed by atoms with Gasteiger partial charge < -0.3 is 14.2 Å². The highest BCUT2D eigenvalue weighted by molar-refractivity contribution is 6.61. The summed E-state index contributed by atoms with van der Waals surface area (Å²) in [5.74, 6) is -1.19. The van der Waals surface area contributed by atoms with Crippen LogP contribution in [0.3, 0.4) is 0 Å². The van der Waals surface area contributed by atoms with E-state index < -0.39 is 83.2 Å². The first-order valence-corrected chi connectivity index (χ1v) is 33.1. The molecule has 0 N–H and O–H groups in total. The average molecular weight is 1140 g/mol. The van der Waals surface area contributed by atoms with Crippen LogP contribution in [0.1, 0.15) is 188 Å². The molecule has 0 aliphatic heterocycles. The number of allylic oxidation sites excluding steroid dienone is 6. The van der Waals surface area contributed by atoms with Crippen LogP contribution < -0.4 is 15.6 Å². The van der Waals surface area contributed by atoms with Crippen molar-refractivity contribution in [2.24, 2.45) is 23.7 Å². The van der Waals surface area contributed by atoms with Gasteiger partial charge in [-0.15, -0.1) is 0 Å². The van der Waals surface area contributed by atoms with Gasteiger partial charge >= 0.3 is 36.4 Å². The Balaban J connectivity index is 0.989. The summed E-state index contributed by atoms with van der Waals surface area (Å²) >= 11 is 0. The molecule has 0 amide bonds. The fourth-order valence-corrected chi connectivity index (χ4v) is 16.7. The molecule has 0 atom stereocenters. The van der Waals surface area contributed by atoms with Gasteiger partial charge in [-0.05, 0) is 176 Å². The van der Waals surface area contributed by atoms with E-state index in [9.17, 15) is 28.8 Å². The van der Waals surface area contributed by atoms with Crippen LogP contribution in [-0.2, 0) is 43.5 Å². The second kappa shape index (κ2) is 32.7. The predicted octanol–water partition coefficient (Wildman–Crippen LogP) is 10.5.